The van der Waals surface area contributed by atoms with Crippen LogP contribution in [0.15, 0.2) is 29.0 Å². The lowest BCUT2D eigenvalue weighted by Gasteiger charge is -2.10. The normalized spacial score (nSPS) is 10.1. The quantitative estimate of drug-likeness (QED) is 0.800. The van der Waals surface area contributed by atoms with Crippen LogP contribution in [0.25, 0.3) is 11.5 Å². The minimum absolute atomic E-state index is 0.457. The molecule has 0 aliphatic heterocycles. The molecule has 0 aliphatic rings. The molecule has 5 heteroatoms. The Hall–Kier alpha value is -2.17. The Kier molecular flexibility index (Phi) is 2.68. The van der Waals surface area contributed by atoms with Gasteiger partial charge >= 0.3 is 0 Å². The fraction of sp³-hybridized carbons (Fsp3) is 0.182. The van der Waals surface area contributed by atoms with Gasteiger partial charge in [-0.2, -0.15) is 0 Å². The lowest BCUT2D eigenvalue weighted by Crippen LogP contribution is -1.96. The lowest BCUT2D eigenvalue weighted by atomic mass is 10.1. The van der Waals surface area contributed by atoms with Crippen molar-refractivity contribution in [1.82, 2.24) is 4.98 Å². The topological polar surface area (TPSA) is 70.5 Å². The SMILES string of the molecule is COc1cc(N)c(-c2ncco2)cc1OC. The van der Waals surface area contributed by atoms with Crippen LogP contribution in [0.1, 0.15) is 0 Å². The van der Waals surface area contributed by atoms with Gasteiger partial charge in [-0.3, -0.25) is 0 Å². The number of aromatic nitrogens is 1. The molecule has 16 heavy (non-hydrogen) atoms. The number of nitrogens with two attached hydrogens (primary N) is 1. The molecule has 2 rings (SSSR count). The van der Waals surface area contributed by atoms with E-state index in [1.165, 1.54) is 6.26 Å². The Morgan fingerprint density at radius 2 is 1.88 bits per heavy atom. The van der Waals surface area contributed by atoms with Gasteiger partial charge < -0.3 is 19.6 Å². The molecule has 0 saturated heterocycles. The summed E-state index contributed by atoms with van der Waals surface area (Å²) in [5.41, 5.74) is 7.09. The van der Waals surface area contributed by atoms with Crippen LogP contribution in [0.3, 0.4) is 0 Å². The molecule has 1 aromatic heterocycles. The Morgan fingerprint density at radius 3 is 2.44 bits per heavy atom. The highest BCUT2D eigenvalue weighted by atomic mass is 16.5. The first-order valence-corrected chi connectivity index (χ1v) is 4.67. The highest BCUT2D eigenvalue weighted by Crippen LogP contribution is 2.36. The van der Waals surface area contributed by atoms with Crippen molar-refractivity contribution in [2.45, 2.75) is 0 Å². The van der Waals surface area contributed by atoms with Crippen molar-refractivity contribution in [2.75, 3.05) is 20.0 Å². The van der Waals surface area contributed by atoms with Crippen molar-refractivity contribution in [3.8, 4) is 23.0 Å². The third kappa shape index (κ3) is 1.67. The molecule has 0 aliphatic carbocycles. The van der Waals surface area contributed by atoms with Crippen LogP contribution in [0.5, 0.6) is 11.5 Å². The van der Waals surface area contributed by atoms with Gasteiger partial charge in [0.2, 0.25) is 5.89 Å². The van der Waals surface area contributed by atoms with Crippen LogP contribution in [0.4, 0.5) is 5.69 Å². The van der Waals surface area contributed by atoms with E-state index >= 15 is 0 Å². The molecule has 0 amide bonds. The van der Waals surface area contributed by atoms with Crippen molar-refractivity contribution >= 4 is 5.69 Å². The lowest BCUT2D eigenvalue weighted by molar-refractivity contribution is 0.355. The average molecular weight is 220 g/mol. The Bertz CT molecular complexity index is 480. The highest BCUT2D eigenvalue weighted by molar-refractivity contribution is 5.75. The summed E-state index contributed by atoms with van der Waals surface area (Å²) in [7, 11) is 3.12. The minimum Gasteiger partial charge on any atom is -0.493 e. The van der Waals surface area contributed by atoms with Gasteiger partial charge in [0.15, 0.2) is 11.5 Å². The van der Waals surface area contributed by atoms with Crippen LogP contribution >= 0.6 is 0 Å². The highest BCUT2D eigenvalue weighted by Gasteiger charge is 2.13. The molecule has 5 nitrogen and oxygen atoms in total. The van der Waals surface area contributed by atoms with E-state index in [4.69, 9.17) is 19.6 Å². The predicted molar refractivity (Wildman–Crippen MR) is 59.5 cm³/mol. The van der Waals surface area contributed by atoms with E-state index in [1.807, 2.05) is 0 Å². The molecule has 2 N–H and O–H groups in total. The van der Waals surface area contributed by atoms with E-state index in [-0.39, 0.29) is 0 Å². The second-order valence-corrected chi connectivity index (χ2v) is 3.13. The number of methoxy groups -OCH3 is 2. The largest absolute Gasteiger partial charge is 0.493 e. The molecular weight excluding hydrogens is 208 g/mol. The van der Waals surface area contributed by atoms with Gasteiger partial charge in [-0.05, 0) is 6.07 Å². The second kappa shape index (κ2) is 4.14. The zero-order chi connectivity index (χ0) is 11.5. The maximum atomic E-state index is 5.88. The molecular formula is C11H12N2O3. The Morgan fingerprint density at radius 1 is 1.19 bits per heavy atom. The van der Waals surface area contributed by atoms with E-state index in [9.17, 15) is 0 Å². The van der Waals surface area contributed by atoms with Crippen molar-refractivity contribution < 1.29 is 13.9 Å². The van der Waals surface area contributed by atoms with Gasteiger partial charge in [-0.25, -0.2) is 4.98 Å². The Balaban J connectivity index is 2.55. The van der Waals surface area contributed by atoms with Crippen molar-refractivity contribution in [2.24, 2.45) is 0 Å². The molecule has 1 aromatic carbocycles. The summed E-state index contributed by atoms with van der Waals surface area (Å²) in [4.78, 5) is 4.04. The van der Waals surface area contributed by atoms with Gasteiger partial charge in [0.1, 0.15) is 6.26 Å². The standard InChI is InChI=1S/C11H12N2O3/c1-14-9-5-7(11-13-3-4-16-11)8(12)6-10(9)15-2/h3-6H,12H2,1-2H3. The van der Waals surface area contributed by atoms with E-state index in [2.05, 4.69) is 4.98 Å². The molecule has 0 fully saturated rings. The third-order valence-electron chi connectivity index (χ3n) is 2.22. The maximum Gasteiger partial charge on any atom is 0.228 e. The smallest absolute Gasteiger partial charge is 0.228 e. The van der Waals surface area contributed by atoms with E-state index in [0.29, 0.717) is 28.6 Å². The molecule has 0 atom stereocenters. The van der Waals surface area contributed by atoms with Crippen molar-refractivity contribution in [3.05, 3.63) is 24.6 Å². The minimum atomic E-state index is 0.457. The number of anilines is 1. The first kappa shape index (κ1) is 10.4. The van der Waals surface area contributed by atoms with Crippen LogP contribution in [-0.4, -0.2) is 19.2 Å². The summed E-state index contributed by atoms with van der Waals surface area (Å²) >= 11 is 0. The van der Waals surface area contributed by atoms with Gasteiger partial charge in [-0.1, -0.05) is 0 Å². The van der Waals surface area contributed by atoms with Gasteiger partial charge in [0.05, 0.1) is 26.0 Å². The summed E-state index contributed by atoms with van der Waals surface area (Å²) in [5.74, 6) is 1.62. The predicted octanol–water partition coefficient (Wildman–Crippen LogP) is 1.94. The van der Waals surface area contributed by atoms with Crippen molar-refractivity contribution in [3.63, 3.8) is 0 Å². The number of rotatable bonds is 3. The number of ether oxygens (including phenoxy) is 2. The summed E-state index contributed by atoms with van der Waals surface area (Å²) in [6.45, 7) is 0. The van der Waals surface area contributed by atoms with Gasteiger partial charge in [0.25, 0.3) is 0 Å². The zero-order valence-electron chi connectivity index (χ0n) is 9.06. The van der Waals surface area contributed by atoms with Crippen LogP contribution in [0, 0.1) is 0 Å². The number of hydrogen-bond donors (Lipinski definition) is 1. The number of hydrogen-bond acceptors (Lipinski definition) is 5. The van der Waals surface area contributed by atoms with E-state index in [0.717, 1.165) is 0 Å². The molecule has 0 bridgehead atoms. The number of nitrogen functional groups attached to an aromatic ring is 1. The Labute approximate surface area is 92.8 Å². The van der Waals surface area contributed by atoms with E-state index in [1.54, 1.807) is 32.5 Å². The number of oxazole rings is 1. The molecule has 2 aromatic rings. The van der Waals surface area contributed by atoms with Crippen LogP contribution in [0.2, 0.25) is 0 Å². The van der Waals surface area contributed by atoms with Crippen molar-refractivity contribution in [1.29, 1.82) is 0 Å². The molecule has 0 spiro atoms. The van der Waals surface area contributed by atoms with E-state index < -0.39 is 0 Å². The summed E-state index contributed by atoms with van der Waals surface area (Å²) in [6, 6.07) is 3.42. The first-order valence-electron chi connectivity index (χ1n) is 4.67. The molecule has 0 radical (unpaired) electrons. The summed E-state index contributed by atoms with van der Waals surface area (Å²) in [6.07, 6.45) is 3.05. The molecule has 84 valence electrons. The van der Waals surface area contributed by atoms with Crippen LogP contribution in [-0.2, 0) is 0 Å². The zero-order valence-corrected chi connectivity index (χ0v) is 9.06. The average Bonchev–Trinajstić information content (AvgIpc) is 2.82. The third-order valence-corrected chi connectivity index (χ3v) is 2.22. The summed E-state index contributed by atoms with van der Waals surface area (Å²) in [5, 5.41) is 0. The molecule has 0 unspecified atom stereocenters. The first-order chi connectivity index (χ1) is 7.76. The fourth-order valence-electron chi connectivity index (χ4n) is 1.44. The number of benzene rings is 1. The molecule has 1 heterocycles. The van der Waals surface area contributed by atoms with Crippen LogP contribution < -0.4 is 15.2 Å². The summed E-state index contributed by atoms with van der Waals surface area (Å²) < 4.78 is 15.5. The number of nitrogens with zero attached hydrogens (tertiary/aromatic N) is 1. The fourth-order valence-corrected chi connectivity index (χ4v) is 1.44. The van der Waals surface area contributed by atoms with Gasteiger partial charge in [0, 0.05) is 11.8 Å². The second-order valence-electron chi connectivity index (χ2n) is 3.13. The molecule has 0 saturated carbocycles. The monoisotopic (exact) mass is 220 g/mol. The maximum absolute atomic E-state index is 5.88. The van der Waals surface area contributed by atoms with Gasteiger partial charge in [-0.15, -0.1) is 0 Å².